The molecule has 2 N–H and O–H groups in total. The van der Waals surface area contributed by atoms with Gasteiger partial charge in [-0.2, -0.15) is 13.2 Å². The molecule has 0 amide bonds. The zero-order valence-electron chi connectivity index (χ0n) is 16.9. The normalized spacial score (nSPS) is 20.3. The molecule has 5 nitrogen and oxygen atoms in total. The third kappa shape index (κ3) is 4.01. The second-order valence-corrected chi connectivity index (χ2v) is 8.36. The monoisotopic (exact) mass is 424 g/mol. The summed E-state index contributed by atoms with van der Waals surface area (Å²) in [6.45, 7) is 5.34. The fourth-order valence-electron chi connectivity index (χ4n) is 4.28. The molecule has 0 unspecified atom stereocenters. The van der Waals surface area contributed by atoms with Gasteiger partial charge in [0.1, 0.15) is 11.5 Å². The van der Waals surface area contributed by atoms with Gasteiger partial charge in [0.2, 0.25) is 0 Å². The lowest BCUT2D eigenvalue weighted by Crippen LogP contribution is -2.44. The number of aliphatic hydroxyl groups excluding tert-OH is 1. The summed E-state index contributed by atoms with van der Waals surface area (Å²) < 4.78 is 41.3. The van der Waals surface area contributed by atoms with E-state index in [2.05, 4.69) is 28.8 Å². The second-order valence-electron chi connectivity index (χ2n) is 8.36. The molecule has 1 aliphatic heterocycles. The standard InChI is InChI=1S/C22H25F3N4O.3H2/c1-13(2)10-14-12-29(9-7-18(14)30)19-6-5-17(22(23,24)25)20(28-19)16-11-27-21-15(16)4-3-8-26-21;;;/h3-6,8,11,13-14,18,30H,7,9-10,12H2,1-2H3,(H,26,27);3*1H/t14-,18-;;;/m0.../s1. The lowest BCUT2D eigenvalue weighted by atomic mass is 9.87. The highest BCUT2D eigenvalue weighted by Crippen LogP contribution is 2.40. The quantitative estimate of drug-likeness (QED) is 0.571. The van der Waals surface area contributed by atoms with Crippen LogP contribution in [0, 0.1) is 11.8 Å². The molecular formula is C22H31F3N4O. The van der Waals surface area contributed by atoms with Gasteiger partial charge in [-0.15, -0.1) is 0 Å². The van der Waals surface area contributed by atoms with E-state index in [1.54, 1.807) is 18.3 Å². The van der Waals surface area contributed by atoms with Crippen LogP contribution in [0.1, 0.15) is 36.5 Å². The number of rotatable bonds is 4. The highest BCUT2D eigenvalue weighted by atomic mass is 19.4. The zero-order chi connectivity index (χ0) is 21.5. The number of H-pyrrole nitrogens is 1. The van der Waals surface area contributed by atoms with Gasteiger partial charge in [-0.25, -0.2) is 9.97 Å². The first-order valence-corrected chi connectivity index (χ1v) is 10.2. The molecule has 0 saturated carbocycles. The molecule has 0 spiro atoms. The minimum atomic E-state index is -4.52. The van der Waals surface area contributed by atoms with Crippen molar-refractivity contribution in [1.29, 1.82) is 0 Å². The van der Waals surface area contributed by atoms with Crippen molar-refractivity contribution in [3.05, 3.63) is 42.2 Å². The summed E-state index contributed by atoms with van der Waals surface area (Å²) in [4.78, 5) is 13.6. The summed E-state index contributed by atoms with van der Waals surface area (Å²) in [5, 5.41) is 10.9. The van der Waals surface area contributed by atoms with Crippen LogP contribution in [0.25, 0.3) is 22.3 Å². The number of aromatic nitrogens is 3. The summed E-state index contributed by atoms with van der Waals surface area (Å²) >= 11 is 0. The van der Waals surface area contributed by atoms with E-state index in [-0.39, 0.29) is 15.9 Å². The van der Waals surface area contributed by atoms with Gasteiger partial charge in [0.15, 0.2) is 0 Å². The Morgan fingerprint density at radius 1 is 1.30 bits per heavy atom. The molecule has 3 aromatic rings. The molecule has 4 heterocycles. The molecular weight excluding hydrogens is 393 g/mol. The minimum absolute atomic E-state index is 0. The van der Waals surface area contributed by atoms with Crippen LogP contribution in [-0.2, 0) is 6.18 Å². The largest absolute Gasteiger partial charge is 0.418 e. The molecule has 1 fully saturated rings. The van der Waals surface area contributed by atoms with E-state index in [9.17, 15) is 18.3 Å². The van der Waals surface area contributed by atoms with Crippen LogP contribution in [0.3, 0.4) is 0 Å². The Morgan fingerprint density at radius 2 is 2.10 bits per heavy atom. The van der Waals surface area contributed by atoms with Crippen molar-refractivity contribution in [3.8, 4) is 11.3 Å². The van der Waals surface area contributed by atoms with Crippen molar-refractivity contribution < 1.29 is 22.6 Å². The number of nitrogens with zero attached hydrogens (tertiary/aromatic N) is 3. The molecule has 1 aliphatic rings. The molecule has 3 aromatic heterocycles. The summed E-state index contributed by atoms with van der Waals surface area (Å²) in [6.07, 6.45) is -0.361. The van der Waals surface area contributed by atoms with Crippen LogP contribution >= 0.6 is 0 Å². The SMILES string of the molecule is CC(C)C[C@H]1CN(c2ccc(C(F)(F)F)c(-c3c[nH]c4ncccc34)n2)CC[C@@H]1O.[HH].[HH].[HH]. The fourth-order valence-corrected chi connectivity index (χ4v) is 4.28. The maximum Gasteiger partial charge on any atom is 0.418 e. The van der Waals surface area contributed by atoms with Crippen molar-refractivity contribution in [2.24, 2.45) is 11.8 Å². The highest BCUT2D eigenvalue weighted by molar-refractivity contribution is 5.93. The lowest BCUT2D eigenvalue weighted by molar-refractivity contribution is -0.137. The molecule has 2 atom stereocenters. The lowest BCUT2D eigenvalue weighted by Gasteiger charge is -2.38. The van der Waals surface area contributed by atoms with Crippen molar-refractivity contribution in [2.45, 2.75) is 39.0 Å². The number of alkyl halides is 3. The number of aliphatic hydroxyl groups is 1. The third-order valence-corrected chi connectivity index (χ3v) is 5.68. The molecule has 8 heteroatoms. The van der Waals surface area contributed by atoms with E-state index in [4.69, 9.17) is 0 Å². The van der Waals surface area contributed by atoms with E-state index in [1.807, 2.05) is 4.90 Å². The van der Waals surface area contributed by atoms with Crippen molar-refractivity contribution in [3.63, 3.8) is 0 Å². The molecule has 0 radical (unpaired) electrons. The molecule has 166 valence electrons. The predicted molar refractivity (Wildman–Crippen MR) is 116 cm³/mol. The molecule has 0 aliphatic carbocycles. The van der Waals surface area contributed by atoms with Crippen LogP contribution in [0.15, 0.2) is 36.7 Å². The van der Waals surface area contributed by atoms with Crippen molar-refractivity contribution >= 4 is 16.9 Å². The molecule has 0 bridgehead atoms. The van der Waals surface area contributed by atoms with Gasteiger partial charge in [-0.1, -0.05) is 13.8 Å². The number of pyridine rings is 2. The molecule has 0 aromatic carbocycles. The summed E-state index contributed by atoms with van der Waals surface area (Å²) in [5.74, 6) is 1.000. The van der Waals surface area contributed by atoms with E-state index >= 15 is 0 Å². The average molecular weight is 425 g/mol. The van der Waals surface area contributed by atoms with Gasteiger partial charge >= 0.3 is 6.18 Å². The Kier molecular flexibility index (Phi) is 5.44. The summed E-state index contributed by atoms with van der Waals surface area (Å²) in [5.41, 5.74) is 0.0199. The van der Waals surface area contributed by atoms with E-state index in [1.165, 1.54) is 12.3 Å². The Balaban J connectivity index is 0.00000181. The topological polar surface area (TPSA) is 65.0 Å². The van der Waals surface area contributed by atoms with Crippen LogP contribution in [-0.4, -0.2) is 39.3 Å². The number of aromatic amines is 1. The van der Waals surface area contributed by atoms with Gasteiger partial charge < -0.3 is 15.0 Å². The maximum atomic E-state index is 13.8. The first-order valence-electron chi connectivity index (χ1n) is 10.2. The highest BCUT2D eigenvalue weighted by Gasteiger charge is 2.36. The van der Waals surface area contributed by atoms with E-state index in [0.717, 1.165) is 12.5 Å². The predicted octanol–water partition coefficient (Wildman–Crippen LogP) is 5.62. The summed E-state index contributed by atoms with van der Waals surface area (Å²) in [7, 11) is 0. The van der Waals surface area contributed by atoms with Crippen LogP contribution in [0.4, 0.5) is 19.0 Å². The first-order chi connectivity index (χ1) is 14.2. The van der Waals surface area contributed by atoms with Gasteiger partial charge in [0.25, 0.3) is 0 Å². The number of nitrogens with one attached hydrogen (secondary N) is 1. The Morgan fingerprint density at radius 3 is 2.83 bits per heavy atom. The summed E-state index contributed by atoms with van der Waals surface area (Å²) in [6, 6.07) is 5.97. The van der Waals surface area contributed by atoms with Gasteiger partial charge in [0, 0.05) is 46.6 Å². The molecule has 30 heavy (non-hydrogen) atoms. The number of halogens is 3. The Hall–Kier alpha value is -2.61. The van der Waals surface area contributed by atoms with Gasteiger partial charge in [-0.3, -0.25) is 0 Å². The fraction of sp³-hybridized carbons (Fsp3) is 0.455. The number of hydrogen-bond acceptors (Lipinski definition) is 4. The van der Waals surface area contributed by atoms with Crippen LogP contribution < -0.4 is 4.90 Å². The third-order valence-electron chi connectivity index (χ3n) is 5.68. The number of anilines is 1. The van der Waals surface area contributed by atoms with Crippen molar-refractivity contribution in [2.75, 3.05) is 18.0 Å². The van der Waals surface area contributed by atoms with Crippen LogP contribution in [0.2, 0.25) is 0 Å². The zero-order valence-corrected chi connectivity index (χ0v) is 16.9. The van der Waals surface area contributed by atoms with E-state index < -0.39 is 17.8 Å². The van der Waals surface area contributed by atoms with E-state index in [0.29, 0.717) is 47.8 Å². The van der Waals surface area contributed by atoms with Crippen LogP contribution in [0.5, 0.6) is 0 Å². The first kappa shape index (κ1) is 20.7. The number of hydrogen-bond donors (Lipinski definition) is 2. The average Bonchev–Trinajstić information content (AvgIpc) is 3.12. The molecule has 4 rings (SSSR count). The second kappa shape index (κ2) is 7.91. The maximum absolute atomic E-state index is 13.8. The molecule has 1 saturated heterocycles. The van der Waals surface area contributed by atoms with Crippen molar-refractivity contribution in [1.82, 2.24) is 15.0 Å². The van der Waals surface area contributed by atoms with Gasteiger partial charge in [-0.05, 0) is 43.0 Å². The number of piperidine rings is 1. The Bertz CT molecular complexity index is 1050. The Labute approximate surface area is 177 Å². The smallest absolute Gasteiger partial charge is 0.393 e. The van der Waals surface area contributed by atoms with Gasteiger partial charge in [0.05, 0.1) is 17.4 Å². The minimum Gasteiger partial charge on any atom is -0.393 e. The number of fused-ring (bicyclic) bond motifs is 1.